The molecule has 0 unspecified atom stereocenters. The molecule has 0 radical (unpaired) electrons. The normalized spacial score (nSPS) is 14.8. The largest absolute Gasteiger partial charge is 0.351 e. The second-order valence-corrected chi connectivity index (χ2v) is 5.91. The van der Waals surface area contributed by atoms with Crippen molar-refractivity contribution in [3.63, 3.8) is 0 Å². The minimum absolute atomic E-state index is 0.0832. The van der Waals surface area contributed by atoms with Crippen molar-refractivity contribution in [2.75, 3.05) is 18.0 Å². The molecule has 0 spiro atoms. The number of pyridine rings is 1. The molecule has 5 nitrogen and oxygen atoms in total. The molecule has 5 heteroatoms. The van der Waals surface area contributed by atoms with Crippen molar-refractivity contribution in [2.24, 2.45) is 5.92 Å². The molecule has 1 fully saturated rings. The Morgan fingerprint density at radius 2 is 1.92 bits per heavy atom. The first-order valence-corrected chi connectivity index (χ1v) is 8.12. The molecule has 1 aromatic carbocycles. The maximum Gasteiger partial charge on any atom is 0.311 e. The lowest BCUT2D eigenvalue weighted by molar-refractivity contribution is -0.384. The van der Waals surface area contributed by atoms with E-state index >= 15 is 0 Å². The van der Waals surface area contributed by atoms with Gasteiger partial charge in [-0.15, -0.1) is 0 Å². The molecule has 1 aliphatic rings. The average Bonchev–Trinajstić information content (AvgIpc) is 2.63. The molecular weight excluding hydrogens is 302 g/mol. The lowest BCUT2D eigenvalue weighted by Crippen LogP contribution is -2.34. The van der Waals surface area contributed by atoms with Gasteiger partial charge in [-0.2, -0.15) is 0 Å². The summed E-state index contributed by atoms with van der Waals surface area (Å²) < 4.78 is 0. The van der Waals surface area contributed by atoms with Crippen LogP contribution < -0.4 is 4.90 Å². The van der Waals surface area contributed by atoms with Gasteiger partial charge in [0, 0.05) is 37.3 Å². The van der Waals surface area contributed by atoms with Gasteiger partial charge in [0.1, 0.15) is 0 Å². The minimum Gasteiger partial charge on any atom is -0.351 e. The van der Waals surface area contributed by atoms with E-state index in [0.717, 1.165) is 37.9 Å². The number of aromatic nitrogens is 1. The molecule has 2 aromatic rings. The number of piperidine rings is 1. The molecule has 0 amide bonds. The number of hydrogen-bond acceptors (Lipinski definition) is 4. The lowest BCUT2D eigenvalue weighted by atomic mass is 9.93. The Hall–Kier alpha value is -2.87. The molecule has 0 atom stereocenters. The summed E-state index contributed by atoms with van der Waals surface area (Å²) in [6.07, 6.45) is 4.45. The summed E-state index contributed by atoms with van der Waals surface area (Å²) in [6, 6.07) is 13.1. The number of nitrogens with zero attached hydrogens (tertiary/aromatic N) is 3. The van der Waals surface area contributed by atoms with Crippen LogP contribution in [0.4, 0.5) is 11.5 Å². The molecule has 122 valence electrons. The van der Waals surface area contributed by atoms with Crippen LogP contribution in [0.5, 0.6) is 0 Å². The van der Waals surface area contributed by atoms with E-state index in [2.05, 4.69) is 16.8 Å². The number of hydrogen-bond donors (Lipinski definition) is 0. The van der Waals surface area contributed by atoms with E-state index in [-0.39, 0.29) is 10.6 Å². The van der Waals surface area contributed by atoms with Crippen molar-refractivity contribution in [2.45, 2.75) is 19.3 Å². The predicted molar refractivity (Wildman–Crippen MR) is 93.8 cm³/mol. The van der Waals surface area contributed by atoms with Crippen molar-refractivity contribution in [1.82, 2.24) is 4.98 Å². The molecule has 1 aromatic heterocycles. The van der Waals surface area contributed by atoms with Gasteiger partial charge in [-0.05, 0) is 37.0 Å². The van der Waals surface area contributed by atoms with E-state index in [1.807, 2.05) is 35.2 Å². The van der Waals surface area contributed by atoms with Gasteiger partial charge in [-0.25, -0.2) is 4.98 Å². The Bertz CT molecular complexity index is 757. The van der Waals surface area contributed by atoms with Crippen molar-refractivity contribution < 1.29 is 4.92 Å². The third kappa shape index (κ3) is 3.90. The third-order valence-electron chi connectivity index (χ3n) is 4.27. The van der Waals surface area contributed by atoms with E-state index in [9.17, 15) is 10.1 Å². The van der Waals surface area contributed by atoms with Crippen LogP contribution in [0.2, 0.25) is 0 Å². The van der Waals surface area contributed by atoms with Crippen LogP contribution >= 0.6 is 0 Å². The fourth-order valence-corrected chi connectivity index (χ4v) is 2.94. The summed E-state index contributed by atoms with van der Waals surface area (Å²) >= 11 is 0. The highest BCUT2D eigenvalue weighted by Gasteiger charge is 2.25. The van der Waals surface area contributed by atoms with Gasteiger partial charge in [0.2, 0.25) is 5.82 Å². The van der Waals surface area contributed by atoms with Gasteiger partial charge in [-0.3, -0.25) is 10.1 Å². The highest BCUT2D eigenvalue weighted by molar-refractivity contribution is 5.57. The number of anilines is 1. The highest BCUT2D eigenvalue weighted by atomic mass is 16.6. The van der Waals surface area contributed by atoms with Crippen LogP contribution in [0.3, 0.4) is 0 Å². The summed E-state index contributed by atoms with van der Waals surface area (Å²) in [6.45, 7) is 1.57. The van der Waals surface area contributed by atoms with Crippen molar-refractivity contribution in [3.05, 3.63) is 64.3 Å². The van der Waals surface area contributed by atoms with E-state index in [1.54, 1.807) is 12.3 Å². The van der Waals surface area contributed by atoms with Crippen molar-refractivity contribution in [1.29, 1.82) is 0 Å². The van der Waals surface area contributed by atoms with E-state index in [4.69, 9.17) is 0 Å². The fourth-order valence-electron chi connectivity index (χ4n) is 2.94. The SMILES string of the molecule is O=[N+]([O-])c1cccnc1N1CCC(CC#Cc2ccccc2)CC1. The van der Waals surface area contributed by atoms with Crippen molar-refractivity contribution >= 4 is 11.5 Å². The summed E-state index contributed by atoms with van der Waals surface area (Å²) in [5.74, 6) is 7.48. The monoisotopic (exact) mass is 321 g/mol. The van der Waals surface area contributed by atoms with Gasteiger partial charge >= 0.3 is 5.69 Å². The summed E-state index contributed by atoms with van der Waals surface area (Å²) in [7, 11) is 0. The van der Waals surface area contributed by atoms with Crippen molar-refractivity contribution in [3.8, 4) is 11.8 Å². The summed E-state index contributed by atoms with van der Waals surface area (Å²) in [5.41, 5.74) is 1.12. The number of rotatable bonds is 3. The van der Waals surface area contributed by atoms with Gasteiger partial charge in [0.15, 0.2) is 0 Å². The highest BCUT2D eigenvalue weighted by Crippen LogP contribution is 2.29. The Morgan fingerprint density at radius 1 is 1.17 bits per heavy atom. The second kappa shape index (κ2) is 7.60. The zero-order chi connectivity index (χ0) is 16.8. The van der Waals surface area contributed by atoms with Crippen LogP contribution in [-0.4, -0.2) is 23.0 Å². The first-order chi connectivity index (χ1) is 11.7. The van der Waals surface area contributed by atoms with Gasteiger partial charge < -0.3 is 4.90 Å². The van der Waals surface area contributed by atoms with Gasteiger partial charge in [0.05, 0.1) is 4.92 Å². The Balaban J connectivity index is 1.57. The Morgan fingerprint density at radius 3 is 2.62 bits per heavy atom. The molecule has 0 saturated carbocycles. The van der Waals surface area contributed by atoms with Crippen LogP contribution in [0.1, 0.15) is 24.8 Å². The molecule has 1 aliphatic heterocycles. The third-order valence-corrected chi connectivity index (χ3v) is 4.27. The lowest BCUT2D eigenvalue weighted by Gasteiger charge is -2.31. The molecule has 1 saturated heterocycles. The molecule has 0 aliphatic carbocycles. The number of benzene rings is 1. The maximum atomic E-state index is 11.1. The number of nitro groups is 1. The van der Waals surface area contributed by atoms with E-state index in [1.165, 1.54) is 6.07 Å². The molecule has 24 heavy (non-hydrogen) atoms. The zero-order valence-corrected chi connectivity index (χ0v) is 13.4. The first-order valence-electron chi connectivity index (χ1n) is 8.12. The van der Waals surface area contributed by atoms with Crippen LogP contribution in [0, 0.1) is 27.9 Å². The maximum absolute atomic E-state index is 11.1. The predicted octanol–water partition coefficient (Wildman–Crippen LogP) is 3.65. The van der Waals surface area contributed by atoms with E-state index in [0.29, 0.717) is 11.7 Å². The standard InChI is InChI=1S/C19H19N3O2/c23-22(24)18-10-5-13-20-19(18)21-14-11-17(12-15-21)9-4-8-16-6-2-1-3-7-16/h1-3,5-7,10,13,17H,9,11-12,14-15H2. The van der Waals surface area contributed by atoms with Crippen LogP contribution in [0.15, 0.2) is 48.7 Å². The average molecular weight is 321 g/mol. The first kappa shape index (κ1) is 16.0. The summed E-state index contributed by atoms with van der Waals surface area (Å²) in [5, 5.41) is 11.1. The quantitative estimate of drug-likeness (QED) is 0.492. The second-order valence-electron chi connectivity index (χ2n) is 5.91. The molecule has 0 bridgehead atoms. The van der Waals surface area contributed by atoms with Crippen LogP contribution in [-0.2, 0) is 0 Å². The molecular formula is C19H19N3O2. The van der Waals surface area contributed by atoms with E-state index < -0.39 is 0 Å². The van der Waals surface area contributed by atoms with Gasteiger partial charge in [0.25, 0.3) is 0 Å². The molecule has 2 heterocycles. The van der Waals surface area contributed by atoms with Gasteiger partial charge in [-0.1, -0.05) is 30.0 Å². The van der Waals surface area contributed by atoms with Crippen LogP contribution in [0.25, 0.3) is 0 Å². The smallest absolute Gasteiger partial charge is 0.311 e. The topological polar surface area (TPSA) is 59.3 Å². The Labute approximate surface area is 141 Å². The summed E-state index contributed by atoms with van der Waals surface area (Å²) in [4.78, 5) is 17.0. The Kier molecular flexibility index (Phi) is 5.07. The fraction of sp³-hybridized carbons (Fsp3) is 0.316. The zero-order valence-electron chi connectivity index (χ0n) is 13.4. The molecule has 0 N–H and O–H groups in total. The minimum atomic E-state index is -0.361. The molecule has 3 rings (SSSR count).